The number of hydrogen-bond acceptors (Lipinski definition) is 6. The zero-order valence-electron chi connectivity index (χ0n) is 13.6. The Labute approximate surface area is 149 Å². The lowest BCUT2D eigenvalue weighted by atomic mass is 10.1. The Kier molecular flexibility index (Phi) is 6.36. The monoisotopic (exact) mass is 392 g/mol. The summed E-state index contributed by atoms with van der Waals surface area (Å²) in [6, 6.07) is 7.02. The standard InChI is InChI=1S/C16H21BrN6O/c1-10(2)7-8-19-14-13(18)15(21-9-20-14)22-23-16(24)11-3-5-12(17)6-4-11/h3-6,9-10H,7-8,18H2,1-2H3,(H,23,24)(H2,19,20,21,22). The van der Waals surface area contributed by atoms with E-state index in [2.05, 4.69) is 55.9 Å². The molecule has 0 aliphatic carbocycles. The normalized spacial score (nSPS) is 10.5. The zero-order chi connectivity index (χ0) is 17.5. The van der Waals surface area contributed by atoms with Crippen LogP contribution in [0.15, 0.2) is 35.1 Å². The molecule has 1 aromatic carbocycles. The molecule has 1 aromatic heterocycles. The van der Waals surface area contributed by atoms with E-state index in [-0.39, 0.29) is 5.91 Å². The van der Waals surface area contributed by atoms with Crippen LogP contribution in [0.25, 0.3) is 0 Å². The number of nitrogens with zero attached hydrogens (tertiary/aromatic N) is 2. The molecule has 0 spiro atoms. The Morgan fingerprint density at radius 1 is 1.21 bits per heavy atom. The van der Waals surface area contributed by atoms with Gasteiger partial charge in [-0.3, -0.25) is 15.6 Å². The number of aromatic nitrogens is 2. The molecule has 0 saturated heterocycles. The van der Waals surface area contributed by atoms with Gasteiger partial charge in [-0.05, 0) is 36.6 Å². The average Bonchev–Trinajstić information content (AvgIpc) is 2.55. The van der Waals surface area contributed by atoms with Gasteiger partial charge in [0.15, 0.2) is 11.6 Å². The van der Waals surface area contributed by atoms with E-state index in [1.807, 2.05) is 0 Å². The lowest BCUT2D eigenvalue weighted by molar-refractivity contribution is 0.0962. The third-order valence-electron chi connectivity index (χ3n) is 3.30. The molecule has 1 amide bonds. The molecule has 0 atom stereocenters. The summed E-state index contributed by atoms with van der Waals surface area (Å²) in [6.45, 7) is 5.06. The second-order valence-electron chi connectivity index (χ2n) is 5.68. The molecule has 2 aromatic rings. The van der Waals surface area contributed by atoms with E-state index in [9.17, 15) is 4.79 Å². The molecule has 0 aliphatic heterocycles. The molecular weight excluding hydrogens is 372 g/mol. The van der Waals surface area contributed by atoms with Gasteiger partial charge < -0.3 is 11.1 Å². The van der Waals surface area contributed by atoms with Crippen LogP contribution < -0.4 is 21.9 Å². The van der Waals surface area contributed by atoms with Crippen LogP contribution in [0, 0.1) is 5.92 Å². The molecule has 128 valence electrons. The molecule has 5 N–H and O–H groups in total. The average molecular weight is 393 g/mol. The number of rotatable bonds is 7. The highest BCUT2D eigenvalue weighted by Gasteiger charge is 2.10. The molecule has 1 heterocycles. The maximum Gasteiger partial charge on any atom is 0.269 e. The summed E-state index contributed by atoms with van der Waals surface area (Å²) in [5, 5.41) is 3.18. The predicted molar refractivity (Wildman–Crippen MR) is 99.6 cm³/mol. The Hall–Kier alpha value is -2.35. The fourth-order valence-electron chi connectivity index (χ4n) is 1.90. The minimum absolute atomic E-state index is 0.283. The molecule has 24 heavy (non-hydrogen) atoms. The van der Waals surface area contributed by atoms with Gasteiger partial charge in [-0.15, -0.1) is 0 Å². The number of carbonyl (C=O) groups excluding carboxylic acids is 1. The Bertz CT molecular complexity index is 689. The van der Waals surface area contributed by atoms with Crippen LogP contribution in [0.3, 0.4) is 0 Å². The molecule has 2 rings (SSSR count). The van der Waals surface area contributed by atoms with E-state index in [1.54, 1.807) is 24.3 Å². The Morgan fingerprint density at radius 3 is 2.54 bits per heavy atom. The number of halogens is 1. The summed E-state index contributed by atoms with van der Waals surface area (Å²) in [6.07, 6.45) is 2.40. The van der Waals surface area contributed by atoms with Crippen molar-refractivity contribution >= 4 is 39.2 Å². The minimum Gasteiger partial charge on any atom is -0.393 e. The summed E-state index contributed by atoms with van der Waals surface area (Å²) in [5.41, 5.74) is 12.2. The van der Waals surface area contributed by atoms with Crippen LogP contribution in [0.1, 0.15) is 30.6 Å². The van der Waals surface area contributed by atoms with Crippen LogP contribution in [-0.4, -0.2) is 22.4 Å². The number of benzene rings is 1. The number of hydrogen-bond donors (Lipinski definition) is 4. The first-order valence-corrected chi connectivity index (χ1v) is 8.43. The SMILES string of the molecule is CC(C)CCNc1ncnc(NNC(=O)c2ccc(Br)cc2)c1N. The smallest absolute Gasteiger partial charge is 0.269 e. The predicted octanol–water partition coefficient (Wildman–Crippen LogP) is 3.04. The molecular formula is C16H21BrN6O. The Balaban J connectivity index is 1.97. The van der Waals surface area contributed by atoms with Gasteiger partial charge in [-0.2, -0.15) is 0 Å². The van der Waals surface area contributed by atoms with Crippen molar-refractivity contribution in [3.63, 3.8) is 0 Å². The van der Waals surface area contributed by atoms with Crippen molar-refractivity contribution in [2.75, 3.05) is 23.0 Å². The highest BCUT2D eigenvalue weighted by molar-refractivity contribution is 9.10. The fourth-order valence-corrected chi connectivity index (χ4v) is 2.17. The van der Waals surface area contributed by atoms with Gasteiger partial charge in [-0.1, -0.05) is 29.8 Å². The summed E-state index contributed by atoms with van der Waals surface area (Å²) < 4.78 is 0.907. The van der Waals surface area contributed by atoms with E-state index < -0.39 is 0 Å². The number of nitrogen functional groups attached to an aromatic ring is 1. The van der Waals surface area contributed by atoms with E-state index in [4.69, 9.17) is 5.73 Å². The zero-order valence-corrected chi connectivity index (χ0v) is 15.2. The third kappa shape index (κ3) is 5.09. The van der Waals surface area contributed by atoms with Crippen molar-refractivity contribution in [3.8, 4) is 0 Å². The van der Waals surface area contributed by atoms with Gasteiger partial charge in [0.2, 0.25) is 0 Å². The van der Waals surface area contributed by atoms with Crippen molar-refractivity contribution in [2.24, 2.45) is 5.92 Å². The molecule has 8 heteroatoms. The largest absolute Gasteiger partial charge is 0.393 e. The van der Waals surface area contributed by atoms with E-state index in [1.165, 1.54) is 6.33 Å². The van der Waals surface area contributed by atoms with Crippen LogP contribution in [-0.2, 0) is 0 Å². The summed E-state index contributed by atoms with van der Waals surface area (Å²) in [7, 11) is 0. The van der Waals surface area contributed by atoms with Crippen LogP contribution in [0.5, 0.6) is 0 Å². The van der Waals surface area contributed by atoms with Crippen molar-refractivity contribution in [1.29, 1.82) is 0 Å². The van der Waals surface area contributed by atoms with Crippen molar-refractivity contribution < 1.29 is 4.79 Å². The first kappa shape index (κ1) is 18.0. The van der Waals surface area contributed by atoms with Crippen molar-refractivity contribution in [2.45, 2.75) is 20.3 Å². The maximum atomic E-state index is 12.1. The van der Waals surface area contributed by atoms with Crippen LogP contribution in [0.2, 0.25) is 0 Å². The molecule has 0 bridgehead atoms. The quantitative estimate of drug-likeness (QED) is 0.539. The van der Waals surface area contributed by atoms with Crippen LogP contribution in [0.4, 0.5) is 17.3 Å². The maximum absolute atomic E-state index is 12.1. The van der Waals surface area contributed by atoms with E-state index in [0.29, 0.717) is 28.8 Å². The van der Waals surface area contributed by atoms with Gasteiger partial charge in [0.1, 0.15) is 12.0 Å². The van der Waals surface area contributed by atoms with E-state index >= 15 is 0 Å². The fraction of sp³-hybridized carbons (Fsp3) is 0.312. The van der Waals surface area contributed by atoms with Gasteiger partial charge >= 0.3 is 0 Å². The molecule has 0 saturated carbocycles. The molecule has 0 radical (unpaired) electrons. The lowest BCUT2D eigenvalue weighted by Crippen LogP contribution is -2.30. The summed E-state index contributed by atoms with van der Waals surface area (Å²) in [4.78, 5) is 20.3. The number of amides is 1. The van der Waals surface area contributed by atoms with Crippen LogP contribution >= 0.6 is 15.9 Å². The Morgan fingerprint density at radius 2 is 1.88 bits per heavy atom. The molecule has 0 fully saturated rings. The van der Waals surface area contributed by atoms with Crippen molar-refractivity contribution in [3.05, 3.63) is 40.6 Å². The molecule has 0 unspecified atom stereocenters. The van der Waals surface area contributed by atoms with E-state index in [0.717, 1.165) is 17.4 Å². The van der Waals surface area contributed by atoms with Gasteiger partial charge in [0.05, 0.1) is 0 Å². The number of carbonyl (C=O) groups is 1. The first-order chi connectivity index (χ1) is 11.5. The van der Waals surface area contributed by atoms with Gasteiger partial charge in [-0.25, -0.2) is 9.97 Å². The molecule has 0 aliphatic rings. The number of nitrogens with one attached hydrogen (secondary N) is 3. The lowest BCUT2D eigenvalue weighted by Gasteiger charge is -2.13. The molecule has 7 nitrogen and oxygen atoms in total. The first-order valence-electron chi connectivity index (χ1n) is 7.63. The van der Waals surface area contributed by atoms with Gasteiger partial charge in [0.25, 0.3) is 5.91 Å². The number of anilines is 3. The second-order valence-corrected chi connectivity index (χ2v) is 6.60. The minimum atomic E-state index is -0.283. The highest BCUT2D eigenvalue weighted by Crippen LogP contribution is 2.22. The topological polar surface area (TPSA) is 105 Å². The van der Waals surface area contributed by atoms with Gasteiger partial charge in [0, 0.05) is 16.6 Å². The third-order valence-corrected chi connectivity index (χ3v) is 3.83. The van der Waals surface area contributed by atoms with Crippen molar-refractivity contribution in [1.82, 2.24) is 15.4 Å². The highest BCUT2D eigenvalue weighted by atomic mass is 79.9. The summed E-state index contributed by atoms with van der Waals surface area (Å²) >= 11 is 3.33. The number of nitrogens with two attached hydrogens (primary N) is 1. The summed E-state index contributed by atoms with van der Waals surface area (Å²) in [5.74, 6) is 1.20. The number of hydrazine groups is 1. The second kappa shape index (κ2) is 8.49.